The molecule has 23 heavy (non-hydrogen) atoms. The Kier molecular flexibility index (Phi) is 5.32. The predicted molar refractivity (Wildman–Crippen MR) is 92.4 cm³/mol. The van der Waals surface area contributed by atoms with Crippen molar-refractivity contribution in [2.24, 2.45) is 11.7 Å². The normalized spacial score (nSPS) is 10.8. The number of rotatable bonds is 6. The molecule has 0 aliphatic rings. The van der Waals surface area contributed by atoms with Crippen molar-refractivity contribution in [1.29, 1.82) is 0 Å². The van der Waals surface area contributed by atoms with Crippen molar-refractivity contribution in [2.75, 3.05) is 11.4 Å². The maximum Gasteiger partial charge on any atom is 0.267 e. The highest BCUT2D eigenvalue weighted by Gasteiger charge is 2.15. The molecule has 0 unspecified atom stereocenters. The molecule has 5 nitrogen and oxygen atoms in total. The molecule has 122 valence electrons. The van der Waals surface area contributed by atoms with E-state index in [2.05, 4.69) is 60.8 Å². The van der Waals surface area contributed by atoms with E-state index in [0.717, 1.165) is 18.9 Å². The minimum Gasteiger partial charge on any atom is -0.364 e. The highest BCUT2D eigenvalue weighted by molar-refractivity contribution is 5.91. The van der Waals surface area contributed by atoms with Gasteiger partial charge < -0.3 is 10.6 Å². The van der Waals surface area contributed by atoms with Gasteiger partial charge >= 0.3 is 0 Å². The summed E-state index contributed by atoms with van der Waals surface area (Å²) in [7, 11) is 0. The fourth-order valence-corrected chi connectivity index (χ4v) is 2.62. The largest absolute Gasteiger partial charge is 0.364 e. The summed E-state index contributed by atoms with van der Waals surface area (Å²) in [5, 5.41) is 0. The molecule has 0 saturated heterocycles. The lowest BCUT2D eigenvalue weighted by Gasteiger charge is -2.27. The Labute approximate surface area is 137 Å². The van der Waals surface area contributed by atoms with E-state index in [4.69, 9.17) is 5.73 Å². The molecule has 2 aromatic rings. The second-order valence-corrected chi connectivity index (χ2v) is 6.27. The second kappa shape index (κ2) is 7.22. The molecule has 5 heteroatoms. The van der Waals surface area contributed by atoms with Gasteiger partial charge in [-0.05, 0) is 36.5 Å². The van der Waals surface area contributed by atoms with E-state index in [0.29, 0.717) is 5.92 Å². The van der Waals surface area contributed by atoms with Crippen LogP contribution < -0.4 is 10.6 Å². The summed E-state index contributed by atoms with van der Waals surface area (Å²) in [5.41, 5.74) is 9.37. The first-order valence-corrected chi connectivity index (χ1v) is 7.80. The lowest BCUT2D eigenvalue weighted by Crippen LogP contribution is -2.29. The third-order valence-corrected chi connectivity index (χ3v) is 3.81. The first kappa shape index (κ1) is 16.9. The minimum absolute atomic E-state index is 0.241. The van der Waals surface area contributed by atoms with Crippen LogP contribution >= 0.6 is 0 Å². The molecule has 0 fully saturated rings. The maximum atomic E-state index is 11.4. The van der Waals surface area contributed by atoms with Crippen LogP contribution in [-0.4, -0.2) is 22.4 Å². The minimum atomic E-state index is -0.537. The number of aryl methyl sites for hydroxylation is 2. The summed E-state index contributed by atoms with van der Waals surface area (Å²) in [6.45, 7) is 10.1. The Balaban J connectivity index is 2.37. The number of benzene rings is 1. The summed E-state index contributed by atoms with van der Waals surface area (Å²) >= 11 is 0. The number of carbonyl (C=O) groups excluding carboxylic acids is 1. The van der Waals surface area contributed by atoms with E-state index >= 15 is 0 Å². The zero-order chi connectivity index (χ0) is 17.0. The van der Waals surface area contributed by atoms with Crippen LogP contribution in [0.1, 0.15) is 41.0 Å². The number of aromatic nitrogens is 2. The molecule has 1 aromatic heterocycles. The van der Waals surface area contributed by atoms with Crippen LogP contribution in [0.25, 0.3) is 0 Å². The quantitative estimate of drug-likeness (QED) is 0.890. The summed E-state index contributed by atoms with van der Waals surface area (Å²) in [4.78, 5) is 21.8. The standard InChI is InChI=1S/C18H24N4O/c1-12(2)9-22(10-15-13(3)6-5-7-14(15)4)17-8-16(18(19)23)20-11-21-17/h5-8,11-12H,9-10H2,1-4H3,(H2,19,23). The van der Waals surface area contributed by atoms with Crippen molar-refractivity contribution in [3.63, 3.8) is 0 Å². The lowest BCUT2D eigenvalue weighted by molar-refractivity contribution is 0.0995. The number of nitrogens with zero attached hydrogens (tertiary/aromatic N) is 3. The van der Waals surface area contributed by atoms with E-state index in [-0.39, 0.29) is 5.69 Å². The molecule has 0 aliphatic carbocycles. The first-order valence-electron chi connectivity index (χ1n) is 7.80. The molecule has 0 bridgehead atoms. The van der Waals surface area contributed by atoms with Crippen LogP contribution in [-0.2, 0) is 6.54 Å². The second-order valence-electron chi connectivity index (χ2n) is 6.27. The lowest BCUT2D eigenvalue weighted by atomic mass is 10.0. The van der Waals surface area contributed by atoms with Crippen molar-refractivity contribution in [3.8, 4) is 0 Å². The topological polar surface area (TPSA) is 72.1 Å². The van der Waals surface area contributed by atoms with Gasteiger partial charge in [-0.25, -0.2) is 9.97 Å². The molecular weight excluding hydrogens is 288 g/mol. The summed E-state index contributed by atoms with van der Waals surface area (Å²) in [6.07, 6.45) is 1.40. The zero-order valence-corrected chi connectivity index (χ0v) is 14.2. The molecule has 1 aromatic carbocycles. The average Bonchev–Trinajstić information content (AvgIpc) is 2.49. The number of hydrogen-bond acceptors (Lipinski definition) is 4. The molecule has 0 spiro atoms. The van der Waals surface area contributed by atoms with Crippen LogP contribution in [0.4, 0.5) is 5.82 Å². The molecule has 2 N–H and O–H groups in total. The van der Waals surface area contributed by atoms with E-state index < -0.39 is 5.91 Å². The van der Waals surface area contributed by atoms with Gasteiger partial charge in [0.1, 0.15) is 17.8 Å². The van der Waals surface area contributed by atoms with Gasteiger partial charge in [0.2, 0.25) is 0 Å². The van der Waals surface area contributed by atoms with Gasteiger partial charge in [-0.1, -0.05) is 32.0 Å². The molecule has 0 radical (unpaired) electrons. The monoisotopic (exact) mass is 312 g/mol. The smallest absolute Gasteiger partial charge is 0.267 e. The van der Waals surface area contributed by atoms with Crippen molar-refractivity contribution in [2.45, 2.75) is 34.2 Å². The fraction of sp³-hybridized carbons (Fsp3) is 0.389. The van der Waals surface area contributed by atoms with E-state index in [1.54, 1.807) is 6.07 Å². The van der Waals surface area contributed by atoms with Crippen molar-refractivity contribution in [1.82, 2.24) is 9.97 Å². The maximum absolute atomic E-state index is 11.4. The highest BCUT2D eigenvalue weighted by Crippen LogP contribution is 2.21. The van der Waals surface area contributed by atoms with Crippen LogP contribution in [0.15, 0.2) is 30.6 Å². The first-order chi connectivity index (χ1) is 10.9. The van der Waals surface area contributed by atoms with Crippen LogP contribution in [0, 0.1) is 19.8 Å². The number of carbonyl (C=O) groups is 1. The molecule has 1 amide bonds. The highest BCUT2D eigenvalue weighted by atomic mass is 16.1. The van der Waals surface area contributed by atoms with Gasteiger partial charge in [0.05, 0.1) is 0 Å². The number of hydrogen-bond donors (Lipinski definition) is 1. The van der Waals surface area contributed by atoms with Crippen LogP contribution in [0.2, 0.25) is 0 Å². The molecule has 0 saturated carbocycles. The Bertz CT molecular complexity index is 677. The van der Waals surface area contributed by atoms with Crippen molar-refractivity contribution in [3.05, 3.63) is 53.0 Å². The Morgan fingerprint density at radius 1 is 1.22 bits per heavy atom. The average molecular weight is 312 g/mol. The van der Waals surface area contributed by atoms with Gasteiger partial charge in [-0.2, -0.15) is 0 Å². The molecule has 0 aliphatic heterocycles. The van der Waals surface area contributed by atoms with Crippen molar-refractivity contribution >= 4 is 11.7 Å². The van der Waals surface area contributed by atoms with Gasteiger partial charge in [-0.3, -0.25) is 4.79 Å². The zero-order valence-electron chi connectivity index (χ0n) is 14.2. The third kappa shape index (κ3) is 4.28. The van der Waals surface area contributed by atoms with Crippen LogP contribution in [0.3, 0.4) is 0 Å². The van der Waals surface area contributed by atoms with Gasteiger partial charge in [0.15, 0.2) is 0 Å². The van der Waals surface area contributed by atoms with Gasteiger partial charge in [-0.15, -0.1) is 0 Å². The Morgan fingerprint density at radius 3 is 2.43 bits per heavy atom. The third-order valence-electron chi connectivity index (χ3n) is 3.81. The Hall–Kier alpha value is -2.43. The summed E-state index contributed by atoms with van der Waals surface area (Å²) in [6, 6.07) is 7.96. The van der Waals surface area contributed by atoms with Gasteiger partial charge in [0.25, 0.3) is 5.91 Å². The number of primary amides is 1. The van der Waals surface area contributed by atoms with Crippen molar-refractivity contribution < 1.29 is 4.79 Å². The predicted octanol–water partition coefficient (Wildman–Crippen LogP) is 2.85. The number of anilines is 1. The SMILES string of the molecule is Cc1cccc(C)c1CN(CC(C)C)c1cc(C(N)=O)ncn1. The van der Waals surface area contributed by atoms with E-state index in [1.165, 1.54) is 23.0 Å². The summed E-state index contributed by atoms with van der Waals surface area (Å²) < 4.78 is 0. The molecule has 2 rings (SSSR count). The van der Waals surface area contributed by atoms with E-state index in [1.807, 2.05) is 0 Å². The van der Waals surface area contributed by atoms with Crippen LogP contribution in [0.5, 0.6) is 0 Å². The summed E-state index contributed by atoms with van der Waals surface area (Å²) in [5.74, 6) is 0.654. The molecule has 1 heterocycles. The fourth-order valence-electron chi connectivity index (χ4n) is 2.62. The van der Waals surface area contributed by atoms with Gasteiger partial charge in [0, 0.05) is 19.2 Å². The molecular formula is C18H24N4O. The number of nitrogens with two attached hydrogens (primary N) is 1. The molecule has 0 atom stereocenters. The Morgan fingerprint density at radius 2 is 1.87 bits per heavy atom. The van der Waals surface area contributed by atoms with E-state index in [9.17, 15) is 4.79 Å². The number of amides is 1.